The van der Waals surface area contributed by atoms with Crippen molar-refractivity contribution in [1.82, 2.24) is 4.98 Å². The second-order valence-electron chi connectivity index (χ2n) is 4.75. The van der Waals surface area contributed by atoms with Crippen molar-refractivity contribution in [3.63, 3.8) is 0 Å². The van der Waals surface area contributed by atoms with Gasteiger partial charge in [-0.1, -0.05) is 29.8 Å². The summed E-state index contributed by atoms with van der Waals surface area (Å²) in [6, 6.07) is 13.8. The molecule has 0 fully saturated rings. The van der Waals surface area contributed by atoms with Crippen LogP contribution in [0.1, 0.15) is 18.6 Å². The molecule has 3 aromatic rings. The summed E-state index contributed by atoms with van der Waals surface area (Å²) in [6.45, 7) is 1.82. The number of ether oxygens (including phenoxy) is 1. The van der Waals surface area contributed by atoms with Gasteiger partial charge in [-0.05, 0) is 37.3 Å². The molecule has 106 valence electrons. The van der Waals surface area contributed by atoms with Crippen LogP contribution >= 0.6 is 11.6 Å². The van der Waals surface area contributed by atoms with E-state index >= 15 is 0 Å². The molecular formula is C17H13ClFNO. The van der Waals surface area contributed by atoms with Crippen LogP contribution in [0.15, 0.2) is 54.7 Å². The summed E-state index contributed by atoms with van der Waals surface area (Å²) < 4.78 is 19.7. The Kier molecular flexibility index (Phi) is 3.76. The maximum Gasteiger partial charge on any atom is 0.131 e. The third-order valence-electron chi connectivity index (χ3n) is 3.31. The monoisotopic (exact) mass is 301 g/mol. The summed E-state index contributed by atoms with van der Waals surface area (Å²) in [7, 11) is 0. The number of hydrogen-bond acceptors (Lipinski definition) is 2. The molecule has 0 bridgehead atoms. The van der Waals surface area contributed by atoms with E-state index in [2.05, 4.69) is 4.98 Å². The maximum absolute atomic E-state index is 13.8. The van der Waals surface area contributed by atoms with Gasteiger partial charge in [0.25, 0.3) is 0 Å². The van der Waals surface area contributed by atoms with Crippen LogP contribution in [0.25, 0.3) is 10.9 Å². The molecule has 2 aromatic carbocycles. The number of hydrogen-bond donors (Lipinski definition) is 0. The number of halogens is 2. The van der Waals surface area contributed by atoms with Gasteiger partial charge in [-0.25, -0.2) is 4.39 Å². The van der Waals surface area contributed by atoms with E-state index < -0.39 is 6.10 Å². The first-order chi connectivity index (χ1) is 10.1. The molecule has 4 heteroatoms. The lowest BCUT2D eigenvalue weighted by Gasteiger charge is -2.17. The minimum atomic E-state index is -0.396. The summed E-state index contributed by atoms with van der Waals surface area (Å²) in [4.78, 5) is 4.26. The molecule has 1 atom stereocenters. The number of rotatable bonds is 3. The molecule has 0 aliphatic rings. The zero-order chi connectivity index (χ0) is 14.8. The lowest BCUT2D eigenvalue weighted by molar-refractivity contribution is 0.224. The van der Waals surface area contributed by atoms with Crippen LogP contribution in [0.4, 0.5) is 4.39 Å². The second kappa shape index (κ2) is 5.70. The zero-order valence-corrected chi connectivity index (χ0v) is 12.1. The Labute approximate surface area is 127 Å². The number of pyridine rings is 1. The van der Waals surface area contributed by atoms with E-state index in [4.69, 9.17) is 16.3 Å². The Morgan fingerprint density at radius 1 is 1.14 bits per heavy atom. The SMILES string of the molecule is C[C@H](Oc1ccnc2cc(Cl)ccc12)c1ccccc1F. The molecule has 0 radical (unpaired) electrons. The van der Waals surface area contributed by atoms with Crippen LogP contribution in [-0.4, -0.2) is 4.98 Å². The maximum atomic E-state index is 13.8. The first-order valence-electron chi connectivity index (χ1n) is 6.60. The highest BCUT2D eigenvalue weighted by molar-refractivity contribution is 6.31. The minimum Gasteiger partial charge on any atom is -0.485 e. The normalized spacial score (nSPS) is 12.3. The van der Waals surface area contributed by atoms with E-state index in [1.54, 1.807) is 42.6 Å². The molecular weight excluding hydrogens is 289 g/mol. The fraction of sp³-hybridized carbons (Fsp3) is 0.118. The summed E-state index contributed by atoms with van der Waals surface area (Å²) in [6.07, 6.45) is 1.26. The highest BCUT2D eigenvalue weighted by Gasteiger charge is 2.13. The number of aromatic nitrogens is 1. The van der Waals surface area contributed by atoms with Crippen LogP contribution in [0, 0.1) is 5.82 Å². The van der Waals surface area contributed by atoms with Crippen LogP contribution < -0.4 is 4.74 Å². The van der Waals surface area contributed by atoms with E-state index in [1.165, 1.54) is 6.07 Å². The Morgan fingerprint density at radius 2 is 1.95 bits per heavy atom. The molecule has 0 aliphatic heterocycles. The summed E-state index contributed by atoms with van der Waals surface area (Å²) in [5, 5.41) is 1.47. The molecule has 0 aliphatic carbocycles. The third kappa shape index (κ3) is 2.83. The topological polar surface area (TPSA) is 22.1 Å². The average molecular weight is 302 g/mol. The average Bonchev–Trinajstić information content (AvgIpc) is 2.47. The quantitative estimate of drug-likeness (QED) is 0.666. The van der Waals surface area contributed by atoms with Gasteiger partial charge in [0.1, 0.15) is 17.7 Å². The predicted octanol–water partition coefficient (Wildman–Crippen LogP) is 5.17. The minimum absolute atomic E-state index is 0.272. The summed E-state index contributed by atoms with van der Waals surface area (Å²) >= 11 is 5.96. The van der Waals surface area contributed by atoms with Gasteiger partial charge in [0.05, 0.1) is 5.52 Å². The first kappa shape index (κ1) is 13.8. The highest BCUT2D eigenvalue weighted by atomic mass is 35.5. The Bertz CT molecular complexity index is 791. The van der Waals surface area contributed by atoms with Crippen molar-refractivity contribution in [2.24, 2.45) is 0 Å². The largest absolute Gasteiger partial charge is 0.485 e. The predicted molar refractivity (Wildman–Crippen MR) is 82.2 cm³/mol. The van der Waals surface area contributed by atoms with Gasteiger partial charge in [0.15, 0.2) is 0 Å². The second-order valence-corrected chi connectivity index (χ2v) is 5.19. The van der Waals surface area contributed by atoms with E-state index in [0.717, 1.165) is 10.9 Å². The summed E-state index contributed by atoms with van der Waals surface area (Å²) in [5.74, 6) is 0.388. The van der Waals surface area contributed by atoms with Gasteiger partial charge in [0, 0.05) is 22.2 Å². The fourth-order valence-electron chi connectivity index (χ4n) is 2.26. The van der Waals surface area contributed by atoms with E-state index in [-0.39, 0.29) is 5.82 Å². The highest BCUT2D eigenvalue weighted by Crippen LogP contribution is 2.30. The molecule has 1 heterocycles. The van der Waals surface area contributed by atoms with Gasteiger partial charge < -0.3 is 4.74 Å². The molecule has 0 saturated heterocycles. The van der Waals surface area contributed by atoms with Crippen molar-refractivity contribution < 1.29 is 9.13 Å². The Hall–Kier alpha value is -2.13. The first-order valence-corrected chi connectivity index (χ1v) is 6.98. The number of fused-ring (bicyclic) bond motifs is 1. The Balaban J connectivity index is 1.97. The zero-order valence-electron chi connectivity index (χ0n) is 11.4. The molecule has 0 N–H and O–H groups in total. The van der Waals surface area contributed by atoms with Crippen molar-refractivity contribution in [3.05, 3.63) is 71.1 Å². The molecule has 21 heavy (non-hydrogen) atoms. The van der Waals surface area contributed by atoms with Crippen molar-refractivity contribution in [1.29, 1.82) is 0 Å². The lowest BCUT2D eigenvalue weighted by atomic mass is 10.1. The van der Waals surface area contributed by atoms with Crippen molar-refractivity contribution in [2.75, 3.05) is 0 Å². The van der Waals surface area contributed by atoms with E-state index in [9.17, 15) is 4.39 Å². The lowest BCUT2D eigenvalue weighted by Crippen LogP contribution is -2.05. The van der Waals surface area contributed by atoms with Crippen LogP contribution in [0.3, 0.4) is 0 Å². The van der Waals surface area contributed by atoms with Gasteiger partial charge in [0.2, 0.25) is 0 Å². The molecule has 2 nitrogen and oxygen atoms in total. The van der Waals surface area contributed by atoms with Crippen LogP contribution in [-0.2, 0) is 0 Å². The Morgan fingerprint density at radius 3 is 2.76 bits per heavy atom. The van der Waals surface area contributed by atoms with Gasteiger partial charge >= 0.3 is 0 Å². The smallest absolute Gasteiger partial charge is 0.131 e. The molecule has 1 aromatic heterocycles. The molecule has 0 saturated carbocycles. The van der Waals surface area contributed by atoms with Crippen molar-refractivity contribution >= 4 is 22.5 Å². The van der Waals surface area contributed by atoms with Gasteiger partial charge in [-0.3, -0.25) is 4.98 Å². The van der Waals surface area contributed by atoms with E-state index in [1.807, 2.05) is 13.0 Å². The molecule has 0 spiro atoms. The molecule has 0 amide bonds. The van der Waals surface area contributed by atoms with Crippen LogP contribution in [0.5, 0.6) is 5.75 Å². The molecule has 3 rings (SSSR count). The fourth-order valence-corrected chi connectivity index (χ4v) is 2.42. The van der Waals surface area contributed by atoms with Crippen molar-refractivity contribution in [3.8, 4) is 5.75 Å². The van der Waals surface area contributed by atoms with Crippen molar-refractivity contribution in [2.45, 2.75) is 13.0 Å². The van der Waals surface area contributed by atoms with Gasteiger partial charge in [-0.2, -0.15) is 0 Å². The standard InChI is InChI=1S/C17H13ClFNO/c1-11(13-4-2-3-5-15(13)19)21-17-8-9-20-16-10-12(18)6-7-14(16)17/h2-11H,1H3/t11-/m0/s1. The third-order valence-corrected chi connectivity index (χ3v) is 3.55. The summed E-state index contributed by atoms with van der Waals surface area (Å²) in [5.41, 5.74) is 1.28. The molecule has 0 unspecified atom stereocenters. The van der Waals surface area contributed by atoms with Gasteiger partial charge in [-0.15, -0.1) is 0 Å². The van der Waals surface area contributed by atoms with E-state index in [0.29, 0.717) is 16.3 Å². The van der Waals surface area contributed by atoms with Crippen LogP contribution in [0.2, 0.25) is 5.02 Å². The number of nitrogens with zero attached hydrogens (tertiary/aromatic N) is 1. The number of benzene rings is 2.